The van der Waals surface area contributed by atoms with Crippen LogP contribution in [0.15, 0.2) is 0 Å². The lowest BCUT2D eigenvalue weighted by molar-refractivity contribution is 0.126. The Morgan fingerprint density at radius 1 is 1.40 bits per heavy atom. The molecule has 0 unspecified atom stereocenters. The highest BCUT2D eigenvalue weighted by Gasteiger charge is 2.14. The number of aliphatic hydroxyl groups excluding tert-OH is 1. The van der Waals surface area contributed by atoms with Gasteiger partial charge >= 0.3 is 0 Å². The Morgan fingerprint density at radius 2 is 2.00 bits per heavy atom. The lowest BCUT2D eigenvalue weighted by Gasteiger charge is -2.20. The minimum atomic E-state index is 0.0680. The molecule has 0 rings (SSSR count). The molecule has 0 aliphatic carbocycles. The van der Waals surface area contributed by atoms with E-state index in [1.54, 1.807) is 7.11 Å². The third-order valence-corrected chi connectivity index (χ3v) is 1.63. The zero-order chi connectivity index (χ0) is 8.04. The fourth-order valence-electron chi connectivity index (χ4n) is 0.774. The first kappa shape index (κ1) is 9.92. The van der Waals surface area contributed by atoms with Crippen LogP contribution in [0.25, 0.3) is 0 Å². The molecule has 0 aromatic rings. The van der Waals surface area contributed by atoms with Crippen LogP contribution < -0.4 is 0 Å². The molecule has 1 N–H and O–H groups in total. The molecular formula is C8H18O2. The van der Waals surface area contributed by atoms with Crippen LogP contribution >= 0.6 is 0 Å². The van der Waals surface area contributed by atoms with E-state index in [0.29, 0.717) is 0 Å². The molecule has 2 heteroatoms. The lowest BCUT2D eigenvalue weighted by atomic mass is 9.89. The Balaban J connectivity index is 3.28. The van der Waals surface area contributed by atoms with Gasteiger partial charge in [0.1, 0.15) is 0 Å². The topological polar surface area (TPSA) is 29.5 Å². The van der Waals surface area contributed by atoms with Gasteiger partial charge in [-0.15, -0.1) is 0 Å². The van der Waals surface area contributed by atoms with E-state index in [-0.39, 0.29) is 12.0 Å². The van der Waals surface area contributed by atoms with Crippen molar-refractivity contribution in [1.29, 1.82) is 0 Å². The van der Waals surface area contributed by atoms with Crippen molar-refractivity contribution in [2.75, 3.05) is 20.3 Å². The maximum absolute atomic E-state index is 8.85. The Morgan fingerprint density at radius 3 is 2.40 bits per heavy atom. The number of ether oxygens (including phenoxy) is 1. The Kier molecular flexibility index (Phi) is 4.65. The number of hydrogen-bond acceptors (Lipinski definition) is 2. The molecule has 0 aliphatic rings. The minimum absolute atomic E-state index is 0.0680. The normalized spacial score (nSPS) is 12.0. The second-order valence-corrected chi connectivity index (χ2v) is 3.42. The van der Waals surface area contributed by atoms with Crippen molar-refractivity contribution in [1.82, 2.24) is 0 Å². The standard InChI is InChI=1S/C8H18O2/c1-8(2,7-9)5-4-6-10-3/h9H,4-7H2,1-3H3. The molecule has 0 atom stereocenters. The van der Waals surface area contributed by atoms with Crippen LogP contribution in [-0.2, 0) is 4.74 Å². The summed E-state index contributed by atoms with van der Waals surface area (Å²) in [4.78, 5) is 0. The second-order valence-electron chi connectivity index (χ2n) is 3.42. The smallest absolute Gasteiger partial charge is 0.0482 e. The third-order valence-electron chi connectivity index (χ3n) is 1.63. The largest absolute Gasteiger partial charge is 0.396 e. The van der Waals surface area contributed by atoms with Crippen molar-refractivity contribution < 1.29 is 9.84 Å². The van der Waals surface area contributed by atoms with Crippen LogP contribution in [0.1, 0.15) is 26.7 Å². The Hall–Kier alpha value is -0.0800. The molecule has 0 saturated heterocycles. The molecule has 0 fully saturated rings. The summed E-state index contributed by atoms with van der Waals surface area (Å²) in [5, 5.41) is 8.85. The van der Waals surface area contributed by atoms with Gasteiger partial charge in [-0.25, -0.2) is 0 Å². The van der Waals surface area contributed by atoms with E-state index in [9.17, 15) is 0 Å². The average Bonchev–Trinajstić information content (AvgIpc) is 1.89. The van der Waals surface area contributed by atoms with Gasteiger partial charge < -0.3 is 9.84 Å². The summed E-state index contributed by atoms with van der Waals surface area (Å²) in [6, 6.07) is 0. The van der Waals surface area contributed by atoms with Gasteiger partial charge in [0.2, 0.25) is 0 Å². The van der Waals surface area contributed by atoms with E-state index in [2.05, 4.69) is 13.8 Å². The molecule has 0 aromatic carbocycles. The molecule has 0 spiro atoms. The monoisotopic (exact) mass is 146 g/mol. The summed E-state index contributed by atoms with van der Waals surface area (Å²) in [5.74, 6) is 0. The predicted molar refractivity (Wildman–Crippen MR) is 42.0 cm³/mol. The maximum Gasteiger partial charge on any atom is 0.0482 e. The van der Waals surface area contributed by atoms with E-state index < -0.39 is 0 Å². The van der Waals surface area contributed by atoms with Gasteiger partial charge in [-0.2, -0.15) is 0 Å². The number of rotatable bonds is 5. The van der Waals surface area contributed by atoms with Crippen LogP contribution in [0, 0.1) is 5.41 Å². The molecular weight excluding hydrogens is 128 g/mol. The number of hydrogen-bond donors (Lipinski definition) is 1. The van der Waals surface area contributed by atoms with Crippen molar-refractivity contribution in [2.24, 2.45) is 5.41 Å². The van der Waals surface area contributed by atoms with E-state index >= 15 is 0 Å². The van der Waals surface area contributed by atoms with Crippen LogP contribution in [0.4, 0.5) is 0 Å². The maximum atomic E-state index is 8.85. The van der Waals surface area contributed by atoms with Crippen LogP contribution in [0.5, 0.6) is 0 Å². The number of aliphatic hydroxyl groups is 1. The summed E-state index contributed by atoms with van der Waals surface area (Å²) in [7, 11) is 1.70. The van der Waals surface area contributed by atoms with E-state index in [0.717, 1.165) is 19.4 Å². The van der Waals surface area contributed by atoms with Crippen molar-refractivity contribution in [2.45, 2.75) is 26.7 Å². The van der Waals surface area contributed by atoms with Gasteiger partial charge in [0.05, 0.1) is 0 Å². The highest BCUT2D eigenvalue weighted by molar-refractivity contribution is 4.65. The SMILES string of the molecule is COCCCC(C)(C)CO. The molecule has 62 valence electrons. The highest BCUT2D eigenvalue weighted by atomic mass is 16.5. The number of methoxy groups -OCH3 is 1. The average molecular weight is 146 g/mol. The zero-order valence-electron chi connectivity index (χ0n) is 7.18. The summed E-state index contributed by atoms with van der Waals surface area (Å²) >= 11 is 0. The van der Waals surface area contributed by atoms with Crippen molar-refractivity contribution in [3.8, 4) is 0 Å². The zero-order valence-corrected chi connectivity index (χ0v) is 7.18. The summed E-state index contributed by atoms with van der Waals surface area (Å²) < 4.78 is 4.90. The second kappa shape index (κ2) is 4.69. The molecule has 0 heterocycles. The van der Waals surface area contributed by atoms with Gasteiger partial charge in [0.15, 0.2) is 0 Å². The van der Waals surface area contributed by atoms with E-state index in [1.807, 2.05) is 0 Å². The fraction of sp³-hybridized carbons (Fsp3) is 1.00. The first-order chi connectivity index (χ1) is 4.62. The molecule has 0 amide bonds. The molecule has 0 aliphatic heterocycles. The summed E-state index contributed by atoms with van der Waals surface area (Å²) in [6.07, 6.45) is 2.06. The van der Waals surface area contributed by atoms with E-state index in [1.165, 1.54) is 0 Å². The quantitative estimate of drug-likeness (QED) is 0.594. The lowest BCUT2D eigenvalue weighted by Crippen LogP contribution is -2.16. The molecule has 2 nitrogen and oxygen atoms in total. The van der Waals surface area contributed by atoms with Gasteiger partial charge in [-0.05, 0) is 18.3 Å². The Bertz CT molecular complexity index is 79.3. The Labute approximate surface area is 63.2 Å². The predicted octanol–water partition coefficient (Wildman–Crippen LogP) is 1.43. The fourth-order valence-corrected chi connectivity index (χ4v) is 0.774. The van der Waals surface area contributed by atoms with Gasteiger partial charge in [-0.3, -0.25) is 0 Å². The summed E-state index contributed by atoms with van der Waals surface area (Å²) in [6.45, 7) is 5.17. The van der Waals surface area contributed by atoms with Crippen molar-refractivity contribution in [3.63, 3.8) is 0 Å². The van der Waals surface area contributed by atoms with Crippen LogP contribution in [0.2, 0.25) is 0 Å². The first-order valence-corrected chi connectivity index (χ1v) is 3.72. The van der Waals surface area contributed by atoms with Gasteiger partial charge in [0, 0.05) is 20.3 Å². The summed E-state index contributed by atoms with van der Waals surface area (Å²) in [5.41, 5.74) is 0.0680. The van der Waals surface area contributed by atoms with Gasteiger partial charge in [-0.1, -0.05) is 13.8 Å². The molecule has 0 saturated carbocycles. The third kappa shape index (κ3) is 4.77. The van der Waals surface area contributed by atoms with Gasteiger partial charge in [0.25, 0.3) is 0 Å². The molecule has 10 heavy (non-hydrogen) atoms. The highest BCUT2D eigenvalue weighted by Crippen LogP contribution is 2.20. The van der Waals surface area contributed by atoms with E-state index in [4.69, 9.17) is 9.84 Å². The van der Waals surface area contributed by atoms with Crippen LogP contribution in [-0.4, -0.2) is 25.4 Å². The minimum Gasteiger partial charge on any atom is -0.396 e. The molecule has 0 radical (unpaired) electrons. The van der Waals surface area contributed by atoms with Crippen molar-refractivity contribution >= 4 is 0 Å². The first-order valence-electron chi connectivity index (χ1n) is 3.72. The molecule has 0 aromatic heterocycles. The molecule has 0 bridgehead atoms. The van der Waals surface area contributed by atoms with Crippen LogP contribution in [0.3, 0.4) is 0 Å². The van der Waals surface area contributed by atoms with Crippen molar-refractivity contribution in [3.05, 3.63) is 0 Å².